The minimum Gasteiger partial charge on any atom is -0.408 e. The van der Waals surface area contributed by atoms with E-state index in [0.717, 1.165) is 12.8 Å². The van der Waals surface area contributed by atoms with Gasteiger partial charge in [0, 0.05) is 32.0 Å². The molecule has 1 saturated heterocycles. The van der Waals surface area contributed by atoms with E-state index in [0.29, 0.717) is 42.2 Å². The standard InChI is InChI=1S/C21H22N4O4/c26-19(14-25-17-5-1-2-6-18(17)29-21(25)28)23-12-15-7-10-24(11-8-15)20(27)16-4-3-9-22-13-16/h1-6,9,13,15H,7-8,10-12,14H2,(H,23,26). The van der Waals surface area contributed by atoms with Gasteiger partial charge in [-0.25, -0.2) is 4.79 Å². The van der Waals surface area contributed by atoms with Crippen molar-refractivity contribution in [2.45, 2.75) is 19.4 Å². The molecule has 0 saturated carbocycles. The summed E-state index contributed by atoms with van der Waals surface area (Å²) in [4.78, 5) is 42.6. The molecule has 0 spiro atoms. The van der Waals surface area contributed by atoms with Gasteiger partial charge >= 0.3 is 5.76 Å². The molecule has 1 aliphatic rings. The number of para-hydroxylation sites is 2. The Bertz CT molecular complexity index is 1060. The average molecular weight is 394 g/mol. The summed E-state index contributed by atoms with van der Waals surface area (Å²) >= 11 is 0. The Morgan fingerprint density at radius 2 is 1.93 bits per heavy atom. The first-order chi connectivity index (χ1) is 14.1. The van der Waals surface area contributed by atoms with Crippen LogP contribution in [-0.2, 0) is 11.3 Å². The Kier molecular flexibility index (Phi) is 5.41. The highest BCUT2D eigenvalue weighted by Crippen LogP contribution is 2.18. The largest absolute Gasteiger partial charge is 0.420 e. The van der Waals surface area contributed by atoms with Crippen molar-refractivity contribution in [1.29, 1.82) is 0 Å². The molecule has 0 unspecified atom stereocenters. The van der Waals surface area contributed by atoms with Gasteiger partial charge in [-0.15, -0.1) is 0 Å². The van der Waals surface area contributed by atoms with Crippen LogP contribution in [0.4, 0.5) is 0 Å². The van der Waals surface area contributed by atoms with E-state index in [1.165, 1.54) is 4.57 Å². The first-order valence-corrected chi connectivity index (χ1v) is 9.66. The first-order valence-electron chi connectivity index (χ1n) is 9.66. The third kappa shape index (κ3) is 4.21. The fourth-order valence-electron chi connectivity index (χ4n) is 3.63. The normalized spacial score (nSPS) is 14.8. The van der Waals surface area contributed by atoms with Crippen molar-refractivity contribution in [3.63, 3.8) is 0 Å². The molecule has 0 aliphatic carbocycles. The number of hydrogen-bond donors (Lipinski definition) is 1. The van der Waals surface area contributed by atoms with Gasteiger partial charge < -0.3 is 14.6 Å². The predicted octanol–water partition coefficient (Wildman–Crippen LogP) is 1.66. The number of aromatic nitrogens is 2. The molecule has 3 heterocycles. The number of rotatable bonds is 5. The van der Waals surface area contributed by atoms with E-state index in [1.807, 2.05) is 4.90 Å². The number of carbonyl (C=O) groups is 2. The molecule has 1 fully saturated rings. The number of pyridine rings is 1. The number of benzene rings is 1. The molecule has 2 aromatic heterocycles. The maximum absolute atomic E-state index is 12.5. The summed E-state index contributed by atoms with van der Waals surface area (Å²) in [6, 6.07) is 10.6. The number of likely N-dealkylation sites (tertiary alicyclic amines) is 1. The van der Waals surface area contributed by atoms with Crippen LogP contribution in [0.5, 0.6) is 0 Å². The van der Waals surface area contributed by atoms with Gasteiger partial charge in [0.1, 0.15) is 6.54 Å². The van der Waals surface area contributed by atoms with Crippen LogP contribution in [0.2, 0.25) is 0 Å². The molecular formula is C21H22N4O4. The fourth-order valence-corrected chi connectivity index (χ4v) is 3.63. The Hall–Kier alpha value is -3.42. The van der Waals surface area contributed by atoms with Crippen molar-refractivity contribution in [2.24, 2.45) is 5.92 Å². The quantitative estimate of drug-likeness (QED) is 0.710. The predicted molar refractivity (Wildman–Crippen MR) is 106 cm³/mol. The van der Waals surface area contributed by atoms with Crippen LogP contribution in [0.1, 0.15) is 23.2 Å². The van der Waals surface area contributed by atoms with Gasteiger partial charge in [-0.2, -0.15) is 0 Å². The Morgan fingerprint density at radius 3 is 2.69 bits per heavy atom. The fraction of sp³-hybridized carbons (Fsp3) is 0.333. The average Bonchev–Trinajstić information content (AvgIpc) is 3.08. The van der Waals surface area contributed by atoms with Crippen LogP contribution < -0.4 is 11.1 Å². The molecule has 3 aromatic rings. The van der Waals surface area contributed by atoms with E-state index in [-0.39, 0.29) is 18.4 Å². The van der Waals surface area contributed by atoms with Crippen LogP contribution in [0.15, 0.2) is 58.0 Å². The van der Waals surface area contributed by atoms with Crippen molar-refractivity contribution in [2.75, 3.05) is 19.6 Å². The third-order valence-corrected chi connectivity index (χ3v) is 5.27. The minimum absolute atomic E-state index is 0.00760. The van der Waals surface area contributed by atoms with E-state index in [2.05, 4.69) is 10.3 Å². The lowest BCUT2D eigenvalue weighted by atomic mass is 9.96. The third-order valence-electron chi connectivity index (χ3n) is 5.27. The lowest BCUT2D eigenvalue weighted by Gasteiger charge is -2.32. The van der Waals surface area contributed by atoms with Gasteiger partial charge in [0.2, 0.25) is 5.91 Å². The summed E-state index contributed by atoms with van der Waals surface area (Å²) in [5.74, 6) is -0.474. The lowest BCUT2D eigenvalue weighted by Crippen LogP contribution is -2.42. The number of amides is 2. The van der Waals surface area contributed by atoms with Gasteiger partial charge in [-0.05, 0) is 43.0 Å². The molecular weight excluding hydrogens is 372 g/mol. The SMILES string of the molecule is O=C(Cn1c(=O)oc2ccccc21)NCC1CCN(C(=O)c2cccnc2)CC1. The number of hydrogen-bond acceptors (Lipinski definition) is 5. The highest BCUT2D eigenvalue weighted by molar-refractivity contribution is 5.93. The second-order valence-electron chi connectivity index (χ2n) is 7.20. The van der Waals surface area contributed by atoms with E-state index < -0.39 is 5.76 Å². The van der Waals surface area contributed by atoms with E-state index in [1.54, 1.807) is 48.8 Å². The van der Waals surface area contributed by atoms with Gasteiger partial charge in [-0.1, -0.05) is 12.1 Å². The van der Waals surface area contributed by atoms with Crippen LogP contribution in [0.3, 0.4) is 0 Å². The molecule has 8 nitrogen and oxygen atoms in total. The maximum Gasteiger partial charge on any atom is 0.420 e. The molecule has 1 N–H and O–H groups in total. The molecule has 8 heteroatoms. The lowest BCUT2D eigenvalue weighted by molar-refractivity contribution is -0.121. The van der Waals surface area contributed by atoms with Crippen molar-refractivity contribution < 1.29 is 14.0 Å². The van der Waals surface area contributed by atoms with Crippen molar-refractivity contribution >= 4 is 22.9 Å². The van der Waals surface area contributed by atoms with Crippen molar-refractivity contribution in [3.05, 3.63) is 64.9 Å². The number of oxazole rings is 1. The monoisotopic (exact) mass is 394 g/mol. The number of fused-ring (bicyclic) bond motifs is 1. The van der Waals surface area contributed by atoms with E-state index in [4.69, 9.17) is 4.42 Å². The molecule has 1 aromatic carbocycles. The zero-order chi connectivity index (χ0) is 20.2. The van der Waals surface area contributed by atoms with Gasteiger partial charge in [0.25, 0.3) is 5.91 Å². The Balaban J connectivity index is 1.27. The molecule has 29 heavy (non-hydrogen) atoms. The summed E-state index contributed by atoms with van der Waals surface area (Å²) in [7, 11) is 0. The molecule has 1 aliphatic heterocycles. The van der Waals surface area contributed by atoms with E-state index >= 15 is 0 Å². The highest BCUT2D eigenvalue weighted by Gasteiger charge is 2.24. The summed E-state index contributed by atoms with van der Waals surface area (Å²) in [5, 5.41) is 2.90. The van der Waals surface area contributed by atoms with Crippen molar-refractivity contribution in [1.82, 2.24) is 19.8 Å². The van der Waals surface area contributed by atoms with Gasteiger partial charge in [-0.3, -0.25) is 19.1 Å². The minimum atomic E-state index is -0.538. The van der Waals surface area contributed by atoms with E-state index in [9.17, 15) is 14.4 Å². The van der Waals surface area contributed by atoms with Crippen LogP contribution in [-0.4, -0.2) is 45.9 Å². The maximum atomic E-state index is 12.5. The Labute approximate surface area is 167 Å². The number of nitrogens with zero attached hydrogens (tertiary/aromatic N) is 3. The zero-order valence-corrected chi connectivity index (χ0v) is 15.9. The molecule has 0 atom stereocenters. The van der Waals surface area contributed by atoms with Gasteiger partial charge in [0.05, 0.1) is 11.1 Å². The van der Waals surface area contributed by atoms with Crippen LogP contribution in [0.25, 0.3) is 11.1 Å². The Morgan fingerprint density at radius 1 is 1.14 bits per heavy atom. The molecule has 0 radical (unpaired) electrons. The summed E-state index contributed by atoms with van der Waals surface area (Å²) in [6.45, 7) is 1.76. The topological polar surface area (TPSA) is 97.4 Å². The molecule has 150 valence electrons. The highest BCUT2D eigenvalue weighted by atomic mass is 16.4. The summed E-state index contributed by atoms with van der Waals surface area (Å²) in [5.41, 5.74) is 1.67. The first kappa shape index (κ1) is 18.9. The van der Waals surface area contributed by atoms with Crippen LogP contribution in [0, 0.1) is 5.92 Å². The second kappa shape index (κ2) is 8.30. The van der Waals surface area contributed by atoms with Gasteiger partial charge in [0.15, 0.2) is 5.58 Å². The second-order valence-corrected chi connectivity index (χ2v) is 7.20. The number of nitrogens with one attached hydrogen (secondary N) is 1. The smallest absolute Gasteiger partial charge is 0.408 e. The summed E-state index contributed by atoms with van der Waals surface area (Å²) < 4.78 is 6.48. The molecule has 0 bridgehead atoms. The molecule has 4 rings (SSSR count). The number of piperidine rings is 1. The number of carbonyl (C=O) groups excluding carboxylic acids is 2. The zero-order valence-electron chi connectivity index (χ0n) is 15.9. The summed E-state index contributed by atoms with van der Waals surface area (Å²) in [6.07, 6.45) is 4.87. The molecule has 2 amide bonds. The van der Waals surface area contributed by atoms with Crippen LogP contribution >= 0.6 is 0 Å². The van der Waals surface area contributed by atoms with Crippen molar-refractivity contribution in [3.8, 4) is 0 Å².